The fourth-order valence-electron chi connectivity index (χ4n) is 0.603. The summed E-state index contributed by atoms with van der Waals surface area (Å²) in [5.74, 6) is 0. The van der Waals surface area contributed by atoms with E-state index in [1.165, 1.54) is 0 Å². The largest absolute Gasteiger partial charge is 0.468 e. The summed E-state index contributed by atoms with van der Waals surface area (Å²) in [6.45, 7) is 5.97. The Bertz CT molecular complexity index is 175. The molecule has 0 spiro atoms. The highest BCUT2D eigenvalue weighted by Crippen LogP contribution is 1.97. The van der Waals surface area contributed by atoms with Crippen LogP contribution in [-0.4, -0.2) is 32.2 Å². The Morgan fingerprint density at radius 1 is 1.33 bits per heavy atom. The lowest BCUT2D eigenvalue weighted by atomic mass is 10.2. The van der Waals surface area contributed by atoms with Gasteiger partial charge in [-0.25, -0.2) is 0 Å². The van der Waals surface area contributed by atoms with Crippen molar-refractivity contribution in [1.29, 1.82) is 0 Å². The van der Waals surface area contributed by atoms with Gasteiger partial charge in [0.1, 0.15) is 0 Å². The third kappa shape index (κ3) is 5.23. The summed E-state index contributed by atoms with van der Waals surface area (Å²) in [4.78, 5) is 22.9. The van der Waals surface area contributed by atoms with E-state index in [0.717, 1.165) is 0 Å². The van der Waals surface area contributed by atoms with Gasteiger partial charge in [-0.1, -0.05) is 4.85 Å². The zero-order valence-electron chi connectivity index (χ0n) is 6.51. The van der Waals surface area contributed by atoms with E-state index in [1.807, 2.05) is 0 Å². The SMILES string of the molecule is C#[N+][C@@H](CCOC=O)COC=O. The molecule has 0 aromatic heterocycles. The molecule has 0 aliphatic carbocycles. The van der Waals surface area contributed by atoms with Crippen LogP contribution in [0.4, 0.5) is 0 Å². The molecule has 0 amide bonds. The van der Waals surface area contributed by atoms with Crippen molar-refractivity contribution in [3.63, 3.8) is 0 Å². The van der Waals surface area contributed by atoms with E-state index >= 15 is 0 Å². The lowest BCUT2D eigenvalue weighted by Gasteiger charge is -1.98. The first kappa shape index (κ1) is 10.4. The molecule has 0 heterocycles. The molecule has 5 heteroatoms. The van der Waals surface area contributed by atoms with Crippen molar-refractivity contribution in [3.8, 4) is 6.57 Å². The number of hydrogen-bond acceptors (Lipinski definition) is 4. The van der Waals surface area contributed by atoms with Crippen molar-refractivity contribution in [2.75, 3.05) is 13.2 Å². The summed E-state index contributed by atoms with van der Waals surface area (Å²) < 4.78 is 8.82. The van der Waals surface area contributed by atoms with Crippen LogP contribution in [0.2, 0.25) is 0 Å². The Morgan fingerprint density at radius 2 is 2.00 bits per heavy atom. The lowest BCUT2D eigenvalue weighted by molar-refractivity contribution is -0.131. The first-order valence-electron chi connectivity index (χ1n) is 3.35. The van der Waals surface area contributed by atoms with Gasteiger partial charge < -0.3 is 9.47 Å². The molecule has 0 unspecified atom stereocenters. The highest BCUT2D eigenvalue weighted by atomic mass is 16.5. The number of rotatable bonds is 7. The molecule has 0 saturated carbocycles. The summed E-state index contributed by atoms with van der Waals surface area (Å²) in [6.07, 6.45) is 0.448. The van der Waals surface area contributed by atoms with Crippen molar-refractivity contribution in [2.24, 2.45) is 0 Å². The smallest absolute Gasteiger partial charge is 0.308 e. The van der Waals surface area contributed by atoms with Crippen molar-refractivity contribution in [1.82, 2.24) is 0 Å². The summed E-state index contributed by atoms with van der Waals surface area (Å²) >= 11 is 0. The van der Waals surface area contributed by atoms with Crippen LogP contribution < -0.4 is 0 Å². The van der Waals surface area contributed by atoms with Gasteiger partial charge in [-0.15, -0.1) is 0 Å². The average Bonchev–Trinajstić information content (AvgIpc) is 2.11. The van der Waals surface area contributed by atoms with Crippen LogP contribution >= 0.6 is 0 Å². The summed E-state index contributed by atoms with van der Waals surface area (Å²) in [5.41, 5.74) is 0. The van der Waals surface area contributed by atoms with Crippen molar-refractivity contribution < 1.29 is 19.1 Å². The molecule has 0 bridgehead atoms. The molecule has 12 heavy (non-hydrogen) atoms. The number of carbonyl (C=O) groups is 2. The maximum absolute atomic E-state index is 9.76. The summed E-state index contributed by atoms with van der Waals surface area (Å²) in [6, 6.07) is -0.310. The van der Waals surface area contributed by atoms with Gasteiger partial charge in [0.15, 0.2) is 6.61 Å². The molecule has 0 rings (SSSR count). The van der Waals surface area contributed by atoms with Gasteiger partial charge in [0.25, 0.3) is 19.5 Å². The van der Waals surface area contributed by atoms with E-state index in [4.69, 9.17) is 6.57 Å². The molecular weight excluding hydrogens is 162 g/mol. The third-order valence-electron chi connectivity index (χ3n) is 1.20. The van der Waals surface area contributed by atoms with Gasteiger partial charge in [-0.3, -0.25) is 9.59 Å². The topological polar surface area (TPSA) is 57.0 Å². The van der Waals surface area contributed by atoms with E-state index in [-0.39, 0.29) is 19.3 Å². The van der Waals surface area contributed by atoms with Crippen LogP contribution in [0, 0.1) is 6.57 Å². The quantitative estimate of drug-likeness (QED) is 0.402. The molecule has 0 aromatic rings. The van der Waals surface area contributed by atoms with Crippen LogP contribution in [0.5, 0.6) is 0 Å². The fraction of sp³-hybridized carbons (Fsp3) is 0.571. The van der Waals surface area contributed by atoms with E-state index < -0.39 is 0 Å². The van der Waals surface area contributed by atoms with Crippen molar-refractivity contribution in [3.05, 3.63) is 4.85 Å². The van der Waals surface area contributed by atoms with Crippen LogP contribution in [0.1, 0.15) is 6.42 Å². The number of carbonyl (C=O) groups excluding carboxylic acids is 2. The minimum atomic E-state index is -0.310. The Balaban J connectivity index is 3.47. The van der Waals surface area contributed by atoms with Crippen LogP contribution in [0.3, 0.4) is 0 Å². The molecule has 0 saturated heterocycles. The van der Waals surface area contributed by atoms with Crippen LogP contribution in [-0.2, 0) is 19.1 Å². The summed E-state index contributed by atoms with van der Waals surface area (Å²) in [5, 5.41) is 0. The molecule has 66 valence electrons. The van der Waals surface area contributed by atoms with Gasteiger partial charge in [-0.05, 0) is 0 Å². The zero-order valence-corrected chi connectivity index (χ0v) is 6.51. The fourth-order valence-corrected chi connectivity index (χ4v) is 0.603. The molecule has 5 nitrogen and oxygen atoms in total. The molecule has 0 N–H and O–H groups in total. The van der Waals surface area contributed by atoms with Crippen molar-refractivity contribution in [2.45, 2.75) is 12.5 Å². The predicted molar refractivity (Wildman–Crippen MR) is 40.7 cm³/mol. The average molecular weight is 172 g/mol. The van der Waals surface area contributed by atoms with Gasteiger partial charge in [-0.2, -0.15) is 0 Å². The molecule has 0 fully saturated rings. The van der Waals surface area contributed by atoms with E-state index in [2.05, 4.69) is 14.3 Å². The van der Waals surface area contributed by atoms with Crippen LogP contribution in [0.25, 0.3) is 4.85 Å². The van der Waals surface area contributed by atoms with Gasteiger partial charge >= 0.3 is 6.04 Å². The Labute approximate surface area is 70.1 Å². The Kier molecular flexibility index (Phi) is 6.55. The summed E-state index contributed by atoms with van der Waals surface area (Å²) in [7, 11) is 0. The standard InChI is InChI=1S/C7H10NO4/c1-8-7(4-12-6-10)2-3-11-5-9/h1,5-7H,2-4H2/q+1/t7-/m0/s1. The minimum absolute atomic E-state index is 0.113. The van der Waals surface area contributed by atoms with E-state index in [9.17, 15) is 9.59 Å². The zero-order chi connectivity index (χ0) is 9.23. The highest BCUT2D eigenvalue weighted by molar-refractivity contribution is 5.37. The third-order valence-corrected chi connectivity index (χ3v) is 1.20. The highest BCUT2D eigenvalue weighted by Gasteiger charge is 2.16. The normalized spacial score (nSPS) is 10.9. The Hall–Kier alpha value is -1.57. The second-order valence-electron chi connectivity index (χ2n) is 1.99. The van der Waals surface area contributed by atoms with Gasteiger partial charge in [0.05, 0.1) is 13.0 Å². The monoisotopic (exact) mass is 172 g/mol. The lowest BCUT2D eigenvalue weighted by Crippen LogP contribution is -2.13. The van der Waals surface area contributed by atoms with Gasteiger partial charge in [0.2, 0.25) is 0 Å². The molecule has 0 aliphatic heterocycles. The molecule has 0 radical (unpaired) electrons. The maximum Gasteiger partial charge on any atom is 0.308 e. The Morgan fingerprint density at radius 3 is 2.50 bits per heavy atom. The molecule has 0 aromatic carbocycles. The van der Waals surface area contributed by atoms with E-state index in [0.29, 0.717) is 19.4 Å². The first-order chi connectivity index (χ1) is 5.85. The number of hydrogen-bond donors (Lipinski definition) is 0. The molecular formula is C7H10NO4+. The number of ether oxygens (including phenoxy) is 2. The molecule has 0 aliphatic rings. The second-order valence-corrected chi connectivity index (χ2v) is 1.99. The predicted octanol–water partition coefficient (Wildman–Crippen LogP) is 0.0538. The first-order valence-corrected chi connectivity index (χ1v) is 3.35. The van der Waals surface area contributed by atoms with Gasteiger partial charge in [0, 0.05) is 0 Å². The minimum Gasteiger partial charge on any atom is -0.468 e. The van der Waals surface area contributed by atoms with Crippen LogP contribution in [0.15, 0.2) is 0 Å². The number of nitrogens with zero attached hydrogens (tertiary/aromatic N) is 1. The maximum atomic E-state index is 9.76. The van der Waals surface area contributed by atoms with Crippen molar-refractivity contribution >= 4 is 12.9 Å². The second kappa shape index (κ2) is 7.54. The molecule has 1 atom stereocenters. The van der Waals surface area contributed by atoms with E-state index in [1.54, 1.807) is 0 Å².